The van der Waals surface area contributed by atoms with E-state index in [1.165, 1.54) is 0 Å². The Hall–Kier alpha value is -0.160. The van der Waals surface area contributed by atoms with E-state index in [2.05, 4.69) is 20.8 Å². The van der Waals surface area contributed by atoms with Gasteiger partial charge >= 0.3 is 0 Å². The minimum atomic E-state index is -0.131. The fourth-order valence-electron chi connectivity index (χ4n) is 2.39. The molecule has 0 spiro atoms. The summed E-state index contributed by atoms with van der Waals surface area (Å²) < 4.78 is 23.6. The lowest BCUT2D eigenvalue weighted by atomic mass is 9.86. The van der Waals surface area contributed by atoms with E-state index in [1.807, 2.05) is 0 Å². The van der Waals surface area contributed by atoms with Crippen molar-refractivity contribution in [2.75, 3.05) is 26.4 Å². The van der Waals surface area contributed by atoms with Crippen LogP contribution >= 0.6 is 0 Å². The Morgan fingerprint density at radius 2 is 1.47 bits per heavy atom. The molecule has 2 rings (SSSR count). The molecule has 112 valence electrons. The van der Waals surface area contributed by atoms with Crippen molar-refractivity contribution < 1.29 is 18.9 Å². The average molecular weight is 272 g/mol. The normalized spacial score (nSPS) is 33.9. The van der Waals surface area contributed by atoms with E-state index in [0.717, 1.165) is 38.9 Å². The van der Waals surface area contributed by atoms with Crippen LogP contribution in [0.3, 0.4) is 0 Å². The van der Waals surface area contributed by atoms with Crippen molar-refractivity contribution in [2.24, 2.45) is 5.41 Å². The number of hydrogen-bond donors (Lipinski definition) is 0. The number of ether oxygens (including phenoxy) is 4. The van der Waals surface area contributed by atoms with Gasteiger partial charge in [0, 0.05) is 19.6 Å². The standard InChI is InChI=1S/C15H28O4/c1-4-15(2,3)9-14-18-12-5-7-16-11-13(19-14)6-8-17-10-12/h12-14H,4-11H2,1-3H3. The van der Waals surface area contributed by atoms with Crippen molar-refractivity contribution >= 4 is 0 Å². The van der Waals surface area contributed by atoms with Gasteiger partial charge in [0.1, 0.15) is 0 Å². The molecule has 2 bridgehead atoms. The summed E-state index contributed by atoms with van der Waals surface area (Å²) in [6, 6.07) is 0. The van der Waals surface area contributed by atoms with Crippen molar-refractivity contribution in [3.8, 4) is 0 Å². The molecule has 0 N–H and O–H groups in total. The molecule has 19 heavy (non-hydrogen) atoms. The summed E-state index contributed by atoms with van der Waals surface area (Å²) in [7, 11) is 0. The van der Waals surface area contributed by atoms with Crippen LogP contribution in [0.4, 0.5) is 0 Å². The van der Waals surface area contributed by atoms with Crippen LogP contribution in [0.2, 0.25) is 0 Å². The van der Waals surface area contributed by atoms with E-state index in [0.29, 0.717) is 13.2 Å². The van der Waals surface area contributed by atoms with E-state index >= 15 is 0 Å². The van der Waals surface area contributed by atoms with Gasteiger partial charge in [0.2, 0.25) is 0 Å². The molecule has 0 aliphatic carbocycles. The molecule has 0 aromatic rings. The van der Waals surface area contributed by atoms with Crippen LogP contribution in [-0.4, -0.2) is 44.9 Å². The van der Waals surface area contributed by atoms with Crippen molar-refractivity contribution in [3.63, 3.8) is 0 Å². The molecule has 2 atom stereocenters. The molecule has 4 heteroatoms. The van der Waals surface area contributed by atoms with E-state index in [1.54, 1.807) is 0 Å². The van der Waals surface area contributed by atoms with Crippen molar-refractivity contribution in [2.45, 2.75) is 65.0 Å². The molecule has 2 saturated heterocycles. The molecule has 0 aromatic carbocycles. The summed E-state index contributed by atoms with van der Waals surface area (Å²) in [5.74, 6) is 0. The highest BCUT2D eigenvalue weighted by molar-refractivity contribution is 4.73. The van der Waals surface area contributed by atoms with Crippen LogP contribution in [0.15, 0.2) is 0 Å². The minimum Gasteiger partial charge on any atom is -0.379 e. The number of rotatable bonds is 3. The summed E-state index contributed by atoms with van der Waals surface area (Å²) in [6.07, 6.45) is 3.88. The van der Waals surface area contributed by atoms with Gasteiger partial charge in [-0.25, -0.2) is 0 Å². The topological polar surface area (TPSA) is 36.9 Å². The third kappa shape index (κ3) is 5.03. The summed E-state index contributed by atoms with van der Waals surface area (Å²) >= 11 is 0. The highest BCUT2D eigenvalue weighted by atomic mass is 16.7. The number of fused-ring (bicyclic) bond motifs is 4. The summed E-state index contributed by atoms with van der Waals surface area (Å²) in [6.45, 7) is 9.53. The van der Waals surface area contributed by atoms with E-state index < -0.39 is 0 Å². The predicted octanol–water partition coefficient (Wildman–Crippen LogP) is 2.75. The highest BCUT2D eigenvalue weighted by Crippen LogP contribution is 2.30. The average Bonchev–Trinajstić information content (AvgIpc) is 2.52. The quantitative estimate of drug-likeness (QED) is 0.791. The first-order valence-electron chi connectivity index (χ1n) is 7.55. The maximum atomic E-state index is 6.13. The van der Waals surface area contributed by atoms with Gasteiger partial charge in [0.05, 0.1) is 25.4 Å². The molecule has 2 fully saturated rings. The van der Waals surface area contributed by atoms with Gasteiger partial charge < -0.3 is 18.9 Å². The molecule has 0 amide bonds. The second-order valence-corrected chi connectivity index (χ2v) is 6.39. The van der Waals surface area contributed by atoms with Crippen LogP contribution in [0.25, 0.3) is 0 Å². The highest BCUT2D eigenvalue weighted by Gasteiger charge is 2.30. The molecule has 2 aliphatic heterocycles. The van der Waals surface area contributed by atoms with Crippen LogP contribution in [-0.2, 0) is 18.9 Å². The molecular weight excluding hydrogens is 244 g/mol. The maximum Gasteiger partial charge on any atom is 0.159 e. The van der Waals surface area contributed by atoms with Crippen LogP contribution < -0.4 is 0 Å². The van der Waals surface area contributed by atoms with Gasteiger partial charge in [0.25, 0.3) is 0 Å². The molecule has 2 aliphatic rings. The van der Waals surface area contributed by atoms with Crippen LogP contribution in [0, 0.1) is 5.41 Å². The summed E-state index contributed by atoms with van der Waals surface area (Å²) in [5, 5.41) is 0. The molecule has 4 nitrogen and oxygen atoms in total. The molecule has 2 unspecified atom stereocenters. The van der Waals surface area contributed by atoms with E-state index in [-0.39, 0.29) is 23.9 Å². The zero-order chi connectivity index (χ0) is 13.7. The Labute approximate surface area is 116 Å². The fraction of sp³-hybridized carbons (Fsp3) is 1.00. The fourth-order valence-corrected chi connectivity index (χ4v) is 2.39. The van der Waals surface area contributed by atoms with E-state index in [9.17, 15) is 0 Å². The van der Waals surface area contributed by atoms with Gasteiger partial charge in [-0.3, -0.25) is 0 Å². The molecule has 0 saturated carbocycles. The lowest BCUT2D eigenvalue weighted by Crippen LogP contribution is -2.33. The molecular formula is C15H28O4. The molecule has 0 aromatic heterocycles. The smallest absolute Gasteiger partial charge is 0.159 e. The lowest BCUT2D eigenvalue weighted by Gasteiger charge is -2.31. The van der Waals surface area contributed by atoms with E-state index in [4.69, 9.17) is 18.9 Å². The van der Waals surface area contributed by atoms with Crippen molar-refractivity contribution in [3.05, 3.63) is 0 Å². The first-order chi connectivity index (χ1) is 9.09. The van der Waals surface area contributed by atoms with Gasteiger partial charge in [-0.15, -0.1) is 0 Å². The Bertz CT molecular complexity index is 237. The second kappa shape index (κ2) is 7.02. The SMILES string of the molecule is CCC(C)(C)CC1OC2CCOCC(CCOC2)O1. The largest absolute Gasteiger partial charge is 0.379 e. The summed E-state index contributed by atoms with van der Waals surface area (Å²) in [5.41, 5.74) is 0.240. The van der Waals surface area contributed by atoms with Crippen molar-refractivity contribution in [1.29, 1.82) is 0 Å². The molecule has 0 radical (unpaired) electrons. The lowest BCUT2D eigenvalue weighted by molar-refractivity contribution is -0.205. The maximum absolute atomic E-state index is 6.13. The van der Waals surface area contributed by atoms with Gasteiger partial charge in [0.15, 0.2) is 6.29 Å². The molecule has 2 heterocycles. The number of hydrogen-bond acceptors (Lipinski definition) is 4. The zero-order valence-corrected chi connectivity index (χ0v) is 12.5. The van der Waals surface area contributed by atoms with Gasteiger partial charge in [-0.05, 0) is 18.3 Å². The van der Waals surface area contributed by atoms with Gasteiger partial charge in [-0.1, -0.05) is 27.2 Å². The Morgan fingerprint density at radius 3 is 1.95 bits per heavy atom. The first kappa shape index (κ1) is 15.2. The summed E-state index contributed by atoms with van der Waals surface area (Å²) in [4.78, 5) is 0. The second-order valence-electron chi connectivity index (χ2n) is 6.39. The predicted molar refractivity (Wildman–Crippen MR) is 73.1 cm³/mol. The zero-order valence-electron chi connectivity index (χ0n) is 12.5. The van der Waals surface area contributed by atoms with Crippen LogP contribution in [0.1, 0.15) is 46.5 Å². The monoisotopic (exact) mass is 272 g/mol. The Balaban J connectivity index is 2.04. The first-order valence-corrected chi connectivity index (χ1v) is 7.55. The van der Waals surface area contributed by atoms with Crippen LogP contribution in [0.5, 0.6) is 0 Å². The minimum absolute atomic E-state index is 0.0921. The van der Waals surface area contributed by atoms with Crippen molar-refractivity contribution in [1.82, 2.24) is 0 Å². The Kier molecular flexibility index (Phi) is 5.63. The Morgan fingerprint density at radius 1 is 0.947 bits per heavy atom. The van der Waals surface area contributed by atoms with Gasteiger partial charge in [-0.2, -0.15) is 0 Å². The third-order valence-corrected chi connectivity index (χ3v) is 4.14. The third-order valence-electron chi connectivity index (χ3n) is 4.14.